The van der Waals surface area contributed by atoms with Crippen LogP contribution in [0.4, 0.5) is 14.7 Å². The van der Waals surface area contributed by atoms with Crippen LogP contribution in [0.2, 0.25) is 0 Å². The van der Waals surface area contributed by atoms with Crippen LogP contribution < -0.4 is 10.6 Å². The SMILES string of the molecule is CC[C@@H](C)[C@H](NC(=O)c1cc(F)cc(F)c1)C(=O)Nc1nc2ccccc2[nH]1. The molecule has 1 heterocycles. The number of aromatic amines is 1. The van der Waals surface area contributed by atoms with Gasteiger partial charge in [-0.25, -0.2) is 13.8 Å². The fraction of sp³-hybridized carbons (Fsp3) is 0.250. The van der Waals surface area contributed by atoms with E-state index in [4.69, 9.17) is 0 Å². The average Bonchev–Trinajstić information content (AvgIpc) is 3.06. The first-order valence-electron chi connectivity index (χ1n) is 8.90. The van der Waals surface area contributed by atoms with E-state index in [2.05, 4.69) is 20.6 Å². The maximum atomic E-state index is 13.4. The van der Waals surface area contributed by atoms with Crippen molar-refractivity contribution in [2.45, 2.75) is 26.3 Å². The molecule has 0 aliphatic rings. The molecule has 6 nitrogen and oxygen atoms in total. The average molecular weight is 386 g/mol. The highest BCUT2D eigenvalue weighted by Gasteiger charge is 2.27. The second kappa shape index (κ2) is 8.16. The molecule has 0 aliphatic heterocycles. The largest absolute Gasteiger partial charge is 0.340 e. The van der Waals surface area contributed by atoms with Crippen molar-refractivity contribution in [1.82, 2.24) is 15.3 Å². The van der Waals surface area contributed by atoms with E-state index in [9.17, 15) is 18.4 Å². The highest BCUT2D eigenvalue weighted by atomic mass is 19.1. The Labute approximate surface area is 160 Å². The van der Waals surface area contributed by atoms with Gasteiger partial charge in [0.2, 0.25) is 11.9 Å². The van der Waals surface area contributed by atoms with Crippen LogP contribution in [0.3, 0.4) is 0 Å². The van der Waals surface area contributed by atoms with E-state index in [1.54, 1.807) is 13.0 Å². The topological polar surface area (TPSA) is 86.9 Å². The first-order valence-corrected chi connectivity index (χ1v) is 8.90. The van der Waals surface area contributed by atoms with Crippen LogP contribution in [-0.4, -0.2) is 27.8 Å². The zero-order valence-electron chi connectivity index (χ0n) is 15.4. The fourth-order valence-electron chi connectivity index (χ4n) is 2.82. The smallest absolute Gasteiger partial charge is 0.252 e. The molecule has 8 heteroatoms. The summed E-state index contributed by atoms with van der Waals surface area (Å²) in [6.07, 6.45) is 0.607. The Hall–Kier alpha value is -3.29. The predicted molar refractivity (Wildman–Crippen MR) is 102 cm³/mol. The Morgan fingerprint density at radius 1 is 1.14 bits per heavy atom. The quantitative estimate of drug-likeness (QED) is 0.605. The summed E-state index contributed by atoms with van der Waals surface area (Å²) in [5, 5.41) is 5.22. The van der Waals surface area contributed by atoms with Gasteiger partial charge in [0.15, 0.2) is 0 Å². The standard InChI is InChI=1S/C20H20F2N4O2/c1-3-11(2)17(25-18(27)12-8-13(21)10-14(22)9-12)19(28)26-20-23-15-6-4-5-7-16(15)24-20/h4-11,17H,3H2,1-2H3,(H,25,27)(H2,23,24,26,28)/t11-,17+/m1/s1. The van der Waals surface area contributed by atoms with Gasteiger partial charge in [-0.05, 0) is 30.2 Å². The molecule has 0 saturated heterocycles. The summed E-state index contributed by atoms with van der Waals surface area (Å²) in [5.74, 6) is -2.90. The van der Waals surface area contributed by atoms with E-state index in [1.165, 1.54) is 0 Å². The zero-order chi connectivity index (χ0) is 20.3. The van der Waals surface area contributed by atoms with Crippen LogP contribution in [0.15, 0.2) is 42.5 Å². The summed E-state index contributed by atoms with van der Waals surface area (Å²) < 4.78 is 26.8. The van der Waals surface area contributed by atoms with Crippen molar-refractivity contribution in [3.05, 3.63) is 59.7 Å². The van der Waals surface area contributed by atoms with Gasteiger partial charge >= 0.3 is 0 Å². The number of imidazole rings is 1. The number of benzene rings is 2. The maximum absolute atomic E-state index is 13.4. The molecule has 0 spiro atoms. The Morgan fingerprint density at radius 3 is 2.46 bits per heavy atom. The highest BCUT2D eigenvalue weighted by molar-refractivity contribution is 6.01. The Bertz CT molecular complexity index is 965. The summed E-state index contributed by atoms with van der Waals surface area (Å²) in [7, 11) is 0. The molecular weight excluding hydrogens is 366 g/mol. The number of anilines is 1. The van der Waals surface area contributed by atoms with E-state index in [0.29, 0.717) is 18.0 Å². The molecule has 2 amide bonds. The highest BCUT2D eigenvalue weighted by Crippen LogP contribution is 2.16. The molecule has 0 fully saturated rings. The third-order valence-corrected chi connectivity index (χ3v) is 4.54. The number of rotatable bonds is 6. The minimum atomic E-state index is -0.906. The fourth-order valence-corrected chi connectivity index (χ4v) is 2.82. The van der Waals surface area contributed by atoms with Crippen molar-refractivity contribution >= 4 is 28.8 Å². The summed E-state index contributed by atoms with van der Waals surface area (Å²) in [4.78, 5) is 32.5. The Balaban J connectivity index is 1.78. The molecular formula is C20H20F2N4O2. The molecule has 3 rings (SSSR count). The molecule has 3 N–H and O–H groups in total. The molecule has 0 radical (unpaired) electrons. The number of para-hydroxylation sites is 2. The number of hydrogen-bond acceptors (Lipinski definition) is 3. The maximum Gasteiger partial charge on any atom is 0.252 e. The Kier molecular flexibility index (Phi) is 5.67. The van der Waals surface area contributed by atoms with E-state index in [0.717, 1.165) is 17.6 Å². The lowest BCUT2D eigenvalue weighted by atomic mass is 9.98. The van der Waals surface area contributed by atoms with Gasteiger partial charge in [0.25, 0.3) is 5.91 Å². The van der Waals surface area contributed by atoms with E-state index < -0.39 is 29.5 Å². The third-order valence-electron chi connectivity index (χ3n) is 4.54. The van der Waals surface area contributed by atoms with Crippen molar-refractivity contribution in [2.75, 3.05) is 5.32 Å². The van der Waals surface area contributed by atoms with Crippen molar-refractivity contribution in [2.24, 2.45) is 5.92 Å². The van der Waals surface area contributed by atoms with Crippen LogP contribution in [-0.2, 0) is 4.79 Å². The molecule has 3 aromatic rings. The predicted octanol–water partition coefficient (Wildman–Crippen LogP) is 3.62. The van der Waals surface area contributed by atoms with Gasteiger partial charge in [0.1, 0.15) is 17.7 Å². The van der Waals surface area contributed by atoms with Gasteiger partial charge in [-0.1, -0.05) is 32.4 Å². The third kappa shape index (κ3) is 4.33. The number of nitrogens with zero attached hydrogens (tertiary/aromatic N) is 1. The summed E-state index contributed by atoms with van der Waals surface area (Å²) in [5.41, 5.74) is 1.26. The van der Waals surface area contributed by atoms with Crippen LogP contribution in [0, 0.1) is 17.6 Å². The number of aromatic nitrogens is 2. The lowest BCUT2D eigenvalue weighted by Crippen LogP contribution is -2.47. The van der Waals surface area contributed by atoms with Crippen LogP contribution in [0.1, 0.15) is 30.6 Å². The number of fused-ring (bicyclic) bond motifs is 1. The first-order chi connectivity index (χ1) is 13.4. The minimum Gasteiger partial charge on any atom is -0.340 e. The second-order valence-corrected chi connectivity index (χ2v) is 6.59. The number of nitrogens with one attached hydrogen (secondary N) is 3. The molecule has 1 aromatic heterocycles. The van der Waals surface area contributed by atoms with Crippen molar-refractivity contribution in [3.63, 3.8) is 0 Å². The summed E-state index contributed by atoms with van der Waals surface area (Å²) >= 11 is 0. The minimum absolute atomic E-state index is 0.192. The Morgan fingerprint density at radius 2 is 1.82 bits per heavy atom. The first kappa shape index (κ1) is 19.5. The van der Waals surface area contributed by atoms with Crippen LogP contribution >= 0.6 is 0 Å². The van der Waals surface area contributed by atoms with E-state index >= 15 is 0 Å². The molecule has 0 aliphatic carbocycles. The normalized spacial score (nSPS) is 13.1. The van der Waals surface area contributed by atoms with Crippen LogP contribution in [0.25, 0.3) is 11.0 Å². The van der Waals surface area contributed by atoms with Gasteiger partial charge in [0, 0.05) is 11.6 Å². The van der Waals surface area contributed by atoms with Gasteiger partial charge in [0.05, 0.1) is 11.0 Å². The molecule has 2 atom stereocenters. The molecule has 146 valence electrons. The summed E-state index contributed by atoms with van der Waals surface area (Å²) in [6.45, 7) is 3.68. The van der Waals surface area contributed by atoms with Crippen molar-refractivity contribution in [1.29, 1.82) is 0 Å². The van der Waals surface area contributed by atoms with E-state index in [-0.39, 0.29) is 17.4 Å². The lowest BCUT2D eigenvalue weighted by molar-refractivity contribution is -0.119. The van der Waals surface area contributed by atoms with Gasteiger partial charge < -0.3 is 10.3 Å². The van der Waals surface area contributed by atoms with Crippen molar-refractivity contribution in [3.8, 4) is 0 Å². The number of amides is 2. The van der Waals surface area contributed by atoms with Gasteiger partial charge in [-0.15, -0.1) is 0 Å². The molecule has 0 saturated carbocycles. The number of halogens is 2. The van der Waals surface area contributed by atoms with Crippen molar-refractivity contribution < 1.29 is 18.4 Å². The molecule has 0 unspecified atom stereocenters. The number of carbonyl (C=O) groups is 2. The number of carbonyl (C=O) groups excluding carboxylic acids is 2. The van der Waals surface area contributed by atoms with Gasteiger partial charge in [-0.2, -0.15) is 0 Å². The number of hydrogen-bond donors (Lipinski definition) is 3. The van der Waals surface area contributed by atoms with Gasteiger partial charge in [-0.3, -0.25) is 14.9 Å². The molecule has 0 bridgehead atoms. The molecule has 28 heavy (non-hydrogen) atoms. The zero-order valence-corrected chi connectivity index (χ0v) is 15.4. The summed E-state index contributed by atoms with van der Waals surface area (Å²) in [6, 6.07) is 8.90. The van der Waals surface area contributed by atoms with E-state index in [1.807, 2.05) is 25.1 Å². The lowest BCUT2D eigenvalue weighted by Gasteiger charge is -2.23. The second-order valence-electron chi connectivity index (χ2n) is 6.59. The van der Waals surface area contributed by atoms with Crippen LogP contribution in [0.5, 0.6) is 0 Å². The number of H-pyrrole nitrogens is 1. The molecule has 2 aromatic carbocycles. The monoisotopic (exact) mass is 386 g/mol.